The Bertz CT molecular complexity index is 896. The third-order valence-corrected chi connectivity index (χ3v) is 5.73. The van der Waals surface area contributed by atoms with Crippen LogP contribution in [-0.2, 0) is 14.8 Å². The second kappa shape index (κ2) is 8.10. The zero-order chi connectivity index (χ0) is 19.5. The molecule has 0 bridgehead atoms. The minimum Gasteiger partial charge on any atom is -0.324 e. The summed E-state index contributed by atoms with van der Waals surface area (Å²) in [5, 5.41) is 3.34. The minimum atomic E-state index is -3.65. The molecule has 2 aromatic carbocycles. The standard InChI is InChI=1S/C19H23ClN2O3S/c1-5-18(19(23)21-17-8-6-7-16(20)14(17)3)22(26(4,24)25)15-11-9-13(2)10-12-15/h6-12,18H,5H2,1-4H3,(H,21,23)/t18-/m1/s1. The van der Waals surface area contributed by atoms with E-state index in [1.807, 2.05) is 19.1 Å². The van der Waals surface area contributed by atoms with Crippen molar-refractivity contribution in [2.24, 2.45) is 0 Å². The van der Waals surface area contributed by atoms with Crippen molar-refractivity contribution in [1.82, 2.24) is 0 Å². The van der Waals surface area contributed by atoms with E-state index in [-0.39, 0.29) is 0 Å². The molecule has 26 heavy (non-hydrogen) atoms. The number of sulfonamides is 1. The van der Waals surface area contributed by atoms with Gasteiger partial charge in [0.1, 0.15) is 6.04 Å². The summed E-state index contributed by atoms with van der Waals surface area (Å²) in [4.78, 5) is 12.9. The SMILES string of the molecule is CC[C@H](C(=O)Nc1cccc(Cl)c1C)N(c1ccc(C)cc1)S(C)(=O)=O. The maximum atomic E-state index is 12.9. The van der Waals surface area contributed by atoms with Crippen LogP contribution in [0.15, 0.2) is 42.5 Å². The van der Waals surface area contributed by atoms with E-state index >= 15 is 0 Å². The monoisotopic (exact) mass is 394 g/mol. The van der Waals surface area contributed by atoms with Crippen LogP contribution in [0.3, 0.4) is 0 Å². The van der Waals surface area contributed by atoms with E-state index in [4.69, 9.17) is 11.6 Å². The number of hydrogen-bond acceptors (Lipinski definition) is 3. The highest BCUT2D eigenvalue weighted by atomic mass is 35.5. The maximum absolute atomic E-state index is 12.9. The Labute approximate surface area is 160 Å². The Morgan fingerprint density at radius 1 is 1.15 bits per heavy atom. The zero-order valence-corrected chi connectivity index (χ0v) is 16.9. The molecule has 0 aromatic heterocycles. The van der Waals surface area contributed by atoms with Crippen molar-refractivity contribution >= 4 is 38.9 Å². The minimum absolute atomic E-state index is 0.326. The number of carbonyl (C=O) groups excluding carboxylic acids is 1. The van der Waals surface area contributed by atoms with Crippen LogP contribution >= 0.6 is 11.6 Å². The van der Waals surface area contributed by atoms with Crippen LogP contribution in [0, 0.1) is 13.8 Å². The largest absolute Gasteiger partial charge is 0.324 e. The molecule has 0 aliphatic carbocycles. The summed E-state index contributed by atoms with van der Waals surface area (Å²) in [6, 6.07) is 11.4. The molecule has 0 aliphatic rings. The van der Waals surface area contributed by atoms with Crippen LogP contribution in [0.4, 0.5) is 11.4 Å². The molecule has 140 valence electrons. The summed E-state index contributed by atoms with van der Waals surface area (Å²) in [6.07, 6.45) is 1.43. The lowest BCUT2D eigenvalue weighted by Gasteiger charge is -2.30. The molecular formula is C19H23ClN2O3S. The van der Waals surface area contributed by atoms with Crippen molar-refractivity contribution < 1.29 is 13.2 Å². The van der Waals surface area contributed by atoms with Gasteiger partial charge in [-0.1, -0.05) is 42.3 Å². The summed E-state index contributed by atoms with van der Waals surface area (Å²) in [5.41, 5.74) is 2.77. The molecule has 7 heteroatoms. The number of hydrogen-bond donors (Lipinski definition) is 1. The molecule has 0 radical (unpaired) electrons. The lowest BCUT2D eigenvalue weighted by atomic mass is 10.1. The molecule has 0 aliphatic heterocycles. The highest BCUT2D eigenvalue weighted by Crippen LogP contribution is 2.26. The van der Waals surface area contributed by atoms with Crippen molar-refractivity contribution in [2.75, 3.05) is 15.9 Å². The third-order valence-electron chi connectivity index (χ3n) is 4.14. The molecule has 1 N–H and O–H groups in total. The van der Waals surface area contributed by atoms with Crippen LogP contribution in [-0.4, -0.2) is 26.6 Å². The summed E-state index contributed by atoms with van der Waals surface area (Å²) in [6.45, 7) is 5.50. The Morgan fingerprint density at radius 2 is 1.77 bits per heavy atom. The average molecular weight is 395 g/mol. The predicted octanol–water partition coefficient (Wildman–Crippen LogP) is 4.14. The van der Waals surface area contributed by atoms with Gasteiger partial charge < -0.3 is 5.32 Å². The fraction of sp³-hybridized carbons (Fsp3) is 0.316. The molecule has 2 aromatic rings. The molecule has 0 saturated carbocycles. The van der Waals surface area contributed by atoms with Gasteiger partial charge in [-0.05, 0) is 50.1 Å². The molecule has 2 rings (SSSR count). The number of amides is 1. The average Bonchev–Trinajstić information content (AvgIpc) is 2.56. The number of aryl methyl sites for hydroxylation is 1. The van der Waals surface area contributed by atoms with Crippen LogP contribution in [0.25, 0.3) is 0 Å². The van der Waals surface area contributed by atoms with E-state index in [1.165, 1.54) is 4.31 Å². The summed E-state index contributed by atoms with van der Waals surface area (Å²) >= 11 is 6.10. The summed E-state index contributed by atoms with van der Waals surface area (Å²) in [7, 11) is -3.65. The van der Waals surface area contributed by atoms with E-state index in [2.05, 4.69) is 5.32 Å². The van der Waals surface area contributed by atoms with Crippen LogP contribution in [0.1, 0.15) is 24.5 Å². The van der Waals surface area contributed by atoms with Crippen molar-refractivity contribution in [3.8, 4) is 0 Å². The summed E-state index contributed by atoms with van der Waals surface area (Å²) < 4.78 is 26.0. The Balaban J connectivity index is 2.40. The fourth-order valence-electron chi connectivity index (χ4n) is 2.71. The first-order valence-corrected chi connectivity index (χ1v) is 10.5. The van der Waals surface area contributed by atoms with Crippen molar-refractivity contribution in [2.45, 2.75) is 33.2 Å². The van der Waals surface area contributed by atoms with Gasteiger partial charge in [-0.25, -0.2) is 8.42 Å². The van der Waals surface area contributed by atoms with Gasteiger partial charge in [0.05, 0.1) is 11.9 Å². The Kier molecular flexibility index (Phi) is 6.31. The lowest BCUT2D eigenvalue weighted by Crippen LogP contribution is -2.47. The van der Waals surface area contributed by atoms with Gasteiger partial charge in [0.15, 0.2) is 0 Å². The van der Waals surface area contributed by atoms with E-state index < -0.39 is 22.0 Å². The van der Waals surface area contributed by atoms with Gasteiger partial charge in [-0.2, -0.15) is 0 Å². The van der Waals surface area contributed by atoms with Gasteiger partial charge in [-0.15, -0.1) is 0 Å². The molecule has 0 spiro atoms. The summed E-state index contributed by atoms with van der Waals surface area (Å²) in [5.74, 6) is -0.399. The van der Waals surface area contributed by atoms with Crippen molar-refractivity contribution in [3.05, 3.63) is 58.6 Å². The topological polar surface area (TPSA) is 66.5 Å². The number of rotatable bonds is 6. The number of anilines is 2. The molecule has 0 unspecified atom stereocenters. The molecular weight excluding hydrogens is 372 g/mol. The normalized spacial score (nSPS) is 12.5. The first kappa shape index (κ1) is 20.3. The van der Waals surface area contributed by atoms with E-state index in [1.54, 1.807) is 44.2 Å². The highest BCUT2D eigenvalue weighted by molar-refractivity contribution is 7.92. The lowest BCUT2D eigenvalue weighted by molar-refractivity contribution is -0.117. The molecule has 1 amide bonds. The first-order chi connectivity index (χ1) is 12.1. The Morgan fingerprint density at radius 3 is 2.31 bits per heavy atom. The van der Waals surface area contributed by atoms with Crippen molar-refractivity contribution in [3.63, 3.8) is 0 Å². The Hall–Kier alpha value is -2.05. The maximum Gasteiger partial charge on any atom is 0.248 e. The van der Waals surface area contributed by atoms with Gasteiger partial charge in [0.25, 0.3) is 0 Å². The highest BCUT2D eigenvalue weighted by Gasteiger charge is 2.31. The second-order valence-electron chi connectivity index (χ2n) is 6.22. The number of nitrogens with zero attached hydrogens (tertiary/aromatic N) is 1. The molecule has 1 atom stereocenters. The molecule has 5 nitrogen and oxygen atoms in total. The first-order valence-electron chi connectivity index (χ1n) is 8.27. The van der Waals surface area contributed by atoms with Gasteiger partial charge in [0.2, 0.25) is 15.9 Å². The van der Waals surface area contributed by atoms with Gasteiger partial charge in [0, 0.05) is 10.7 Å². The van der Waals surface area contributed by atoms with Crippen molar-refractivity contribution in [1.29, 1.82) is 0 Å². The number of halogens is 1. The number of nitrogens with one attached hydrogen (secondary N) is 1. The van der Waals surface area contributed by atoms with Crippen LogP contribution < -0.4 is 9.62 Å². The van der Waals surface area contributed by atoms with E-state index in [0.717, 1.165) is 17.4 Å². The second-order valence-corrected chi connectivity index (χ2v) is 8.49. The quantitative estimate of drug-likeness (QED) is 0.800. The van der Waals surface area contributed by atoms with Gasteiger partial charge in [-0.3, -0.25) is 9.10 Å². The van der Waals surface area contributed by atoms with Gasteiger partial charge >= 0.3 is 0 Å². The van der Waals surface area contributed by atoms with Crippen LogP contribution in [0.2, 0.25) is 5.02 Å². The van der Waals surface area contributed by atoms with Crippen LogP contribution in [0.5, 0.6) is 0 Å². The molecule has 0 heterocycles. The smallest absolute Gasteiger partial charge is 0.248 e. The number of carbonyl (C=O) groups is 1. The third kappa shape index (κ3) is 4.56. The molecule has 0 saturated heterocycles. The van der Waals surface area contributed by atoms with E-state index in [0.29, 0.717) is 22.8 Å². The number of benzene rings is 2. The zero-order valence-electron chi connectivity index (χ0n) is 15.3. The fourth-order valence-corrected chi connectivity index (χ4v) is 4.10. The molecule has 0 fully saturated rings. The predicted molar refractivity (Wildman–Crippen MR) is 107 cm³/mol. The van der Waals surface area contributed by atoms with E-state index in [9.17, 15) is 13.2 Å².